The van der Waals surface area contributed by atoms with Gasteiger partial charge < -0.3 is 21.5 Å². The molecule has 2 aromatic heterocycles. The van der Waals surface area contributed by atoms with Crippen LogP contribution < -0.4 is 21.5 Å². The molecule has 7 nitrogen and oxygen atoms in total. The van der Waals surface area contributed by atoms with Gasteiger partial charge in [-0.2, -0.15) is 0 Å². The molecule has 0 atom stereocenters. The average molecular weight is 429 g/mol. The van der Waals surface area contributed by atoms with Crippen molar-refractivity contribution in [3.05, 3.63) is 78.1 Å². The van der Waals surface area contributed by atoms with Gasteiger partial charge in [-0.25, -0.2) is 9.50 Å². The molecule has 1 aliphatic carbocycles. The fourth-order valence-electron chi connectivity index (χ4n) is 4.44. The van der Waals surface area contributed by atoms with Crippen LogP contribution in [0.1, 0.15) is 42.7 Å². The quantitative estimate of drug-likeness (QED) is 0.414. The predicted octanol–water partition coefficient (Wildman–Crippen LogP) is 4.62. The summed E-state index contributed by atoms with van der Waals surface area (Å²) in [7, 11) is 0. The molecule has 5 N–H and O–H groups in total. The number of benzene rings is 2. The van der Waals surface area contributed by atoms with Crippen LogP contribution in [0.4, 0.5) is 17.2 Å². The molecule has 0 saturated heterocycles. The minimum absolute atomic E-state index is 0.274. The van der Waals surface area contributed by atoms with E-state index in [1.807, 2.05) is 48.7 Å². The number of hydrogen-bond donors (Lipinski definition) is 3. The first-order chi connectivity index (χ1) is 15.7. The molecule has 0 spiro atoms. The van der Waals surface area contributed by atoms with Gasteiger partial charge in [-0.05, 0) is 61.4 Å². The van der Waals surface area contributed by atoms with E-state index in [1.165, 1.54) is 0 Å². The maximum absolute atomic E-state index is 6.43. The van der Waals surface area contributed by atoms with Gasteiger partial charge in [0.2, 0.25) is 0 Å². The molecule has 0 aliphatic heterocycles. The third-order valence-electron chi connectivity index (χ3n) is 6.16. The second kappa shape index (κ2) is 8.88. The molecule has 2 heterocycles. The highest BCUT2D eigenvalue weighted by Crippen LogP contribution is 2.41. The first-order valence-electron chi connectivity index (χ1n) is 11.1. The molecule has 0 bridgehead atoms. The Kier molecular flexibility index (Phi) is 5.64. The summed E-state index contributed by atoms with van der Waals surface area (Å²) in [6, 6.07) is 18.4. The van der Waals surface area contributed by atoms with Crippen molar-refractivity contribution in [2.75, 3.05) is 11.1 Å². The zero-order chi connectivity index (χ0) is 21.9. The molecule has 164 valence electrons. The number of rotatable bonds is 6. The zero-order valence-corrected chi connectivity index (χ0v) is 17.9. The van der Waals surface area contributed by atoms with Gasteiger partial charge in [-0.15, -0.1) is 5.10 Å². The molecule has 1 saturated carbocycles. The van der Waals surface area contributed by atoms with Crippen LogP contribution in [0.5, 0.6) is 5.75 Å². The number of aromatic nitrogens is 3. The summed E-state index contributed by atoms with van der Waals surface area (Å²) in [5, 5.41) is 8.10. The summed E-state index contributed by atoms with van der Waals surface area (Å²) in [5.74, 6) is 1.68. The predicted molar refractivity (Wildman–Crippen MR) is 127 cm³/mol. The van der Waals surface area contributed by atoms with Gasteiger partial charge in [0.1, 0.15) is 18.2 Å². The van der Waals surface area contributed by atoms with E-state index in [0.29, 0.717) is 18.3 Å². The molecule has 32 heavy (non-hydrogen) atoms. The molecule has 0 amide bonds. The average Bonchev–Trinajstić information content (AvgIpc) is 3.29. The normalized spacial score (nSPS) is 18.5. The maximum atomic E-state index is 6.43. The number of hydrogen-bond acceptors (Lipinski definition) is 6. The molecule has 5 rings (SSSR count). The molecule has 4 aromatic rings. The first kappa shape index (κ1) is 20.3. The van der Waals surface area contributed by atoms with Crippen LogP contribution in [-0.2, 0) is 6.61 Å². The minimum Gasteiger partial charge on any atom is -0.489 e. The number of nitrogen functional groups attached to an aromatic ring is 1. The molecule has 1 aliphatic rings. The van der Waals surface area contributed by atoms with Gasteiger partial charge in [-0.3, -0.25) is 0 Å². The van der Waals surface area contributed by atoms with E-state index in [0.717, 1.165) is 59.6 Å². The van der Waals surface area contributed by atoms with Crippen molar-refractivity contribution in [2.24, 2.45) is 5.73 Å². The highest BCUT2D eigenvalue weighted by molar-refractivity contribution is 5.80. The largest absolute Gasteiger partial charge is 0.489 e. The Bertz CT molecular complexity index is 1180. The van der Waals surface area contributed by atoms with Gasteiger partial charge in [0.05, 0.1) is 5.69 Å². The highest BCUT2D eigenvalue weighted by atomic mass is 16.5. The molecule has 1 fully saturated rings. The zero-order valence-electron chi connectivity index (χ0n) is 17.9. The molecule has 0 radical (unpaired) electrons. The topological polar surface area (TPSA) is 103 Å². The van der Waals surface area contributed by atoms with Crippen LogP contribution in [0.3, 0.4) is 0 Å². The summed E-state index contributed by atoms with van der Waals surface area (Å²) in [6.45, 7) is 0.539. The number of nitrogens with two attached hydrogens (primary N) is 2. The molecule has 2 aromatic carbocycles. The molecule has 0 unspecified atom stereocenters. The number of ether oxygens (including phenoxy) is 1. The minimum atomic E-state index is 0.274. The van der Waals surface area contributed by atoms with E-state index in [-0.39, 0.29) is 6.04 Å². The summed E-state index contributed by atoms with van der Waals surface area (Å²) in [6.07, 6.45) is 7.56. The number of fused-ring (bicyclic) bond motifs is 1. The number of nitrogens with one attached hydrogen (secondary N) is 1. The van der Waals surface area contributed by atoms with Crippen LogP contribution in [0.25, 0.3) is 5.65 Å². The Balaban J connectivity index is 1.39. The van der Waals surface area contributed by atoms with E-state index in [1.54, 1.807) is 10.7 Å². The Morgan fingerprint density at radius 3 is 2.50 bits per heavy atom. The third kappa shape index (κ3) is 4.24. The van der Waals surface area contributed by atoms with Crippen molar-refractivity contribution < 1.29 is 4.74 Å². The molecular weight excluding hydrogens is 400 g/mol. The first-order valence-corrected chi connectivity index (χ1v) is 11.1. The number of anilines is 3. The Morgan fingerprint density at radius 2 is 1.75 bits per heavy atom. The van der Waals surface area contributed by atoms with Crippen molar-refractivity contribution in [1.82, 2.24) is 14.6 Å². The van der Waals surface area contributed by atoms with E-state index in [9.17, 15) is 0 Å². The summed E-state index contributed by atoms with van der Waals surface area (Å²) in [5.41, 5.74) is 17.4. The van der Waals surface area contributed by atoms with Crippen molar-refractivity contribution >= 4 is 22.8 Å². The Morgan fingerprint density at radius 1 is 1.00 bits per heavy atom. The summed E-state index contributed by atoms with van der Waals surface area (Å²) >= 11 is 0. The van der Waals surface area contributed by atoms with Crippen LogP contribution >= 0.6 is 0 Å². The lowest BCUT2D eigenvalue weighted by Gasteiger charge is -2.28. The van der Waals surface area contributed by atoms with Crippen LogP contribution in [0.2, 0.25) is 0 Å². The second-order valence-electron chi connectivity index (χ2n) is 8.40. The fraction of sp³-hybridized carbons (Fsp3) is 0.280. The van der Waals surface area contributed by atoms with E-state index < -0.39 is 0 Å². The number of nitrogens with zero attached hydrogens (tertiary/aromatic N) is 3. The van der Waals surface area contributed by atoms with Crippen LogP contribution in [-0.4, -0.2) is 20.6 Å². The van der Waals surface area contributed by atoms with Gasteiger partial charge >= 0.3 is 0 Å². The maximum Gasteiger partial charge on any atom is 0.177 e. The van der Waals surface area contributed by atoms with Crippen molar-refractivity contribution in [3.63, 3.8) is 0 Å². The van der Waals surface area contributed by atoms with E-state index >= 15 is 0 Å². The lowest BCUT2D eigenvalue weighted by molar-refractivity contribution is 0.306. The Labute approximate surface area is 187 Å². The molecule has 7 heteroatoms. The van der Waals surface area contributed by atoms with Gasteiger partial charge in [0, 0.05) is 29.7 Å². The van der Waals surface area contributed by atoms with E-state index in [2.05, 4.69) is 27.5 Å². The van der Waals surface area contributed by atoms with Crippen molar-refractivity contribution in [3.8, 4) is 5.75 Å². The highest BCUT2D eigenvalue weighted by Gasteiger charge is 2.27. The van der Waals surface area contributed by atoms with Gasteiger partial charge in [0.15, 0.2) is 5.65 Å². The lowest BCUT2D eigenvalue weighted by atomic mass is 9.81. The second-order valence-corrected chi connectivity index (χ2v) is 8.40. The fourth-order valence-corrected chi connectivity index (χ4v) is 4.44. The molecular formula is C25H28N6O. The van der Waals surface area contributed by atoms with Gasteiger partial charge in [0.25, 0.3) is 0 Å². The summed E-state index contributed by atoms with van der Waals surface area (Å²) in [4.78, 5) is 4.54. The smallest absolute Gasteiger partial charge is 0.177 e. The Hall–Kier alpha value is -3.58. The van der Waals surface area contributed by atoms with Crippen molar-refractivity contribution in [1.29, 1.82) is 0 Å². The third-order valence-corrected chi connectivity index (χ3v) is 6.16. The lowest BCUT2D eigenvalue weighted by Crippen LogP contribution is -2.26. The van der Waals surface area contributed by atoms with Crippen LogP contribution in [0, 0.1) is 0 Å². The number of imidazole rings is 1. The summed E-state index contributed by atoms with van der Waals surface area (Å²) < 4.78 is 7.65. The van der Waals surface area contributed by atoms with Crippen molar-refractivity contribution in [2.45, 2.75) is 44.2 Å². The monoisotopic (exact) mass is 428 g/mol. The SMILES string of the molecule is Nc1nn2ccnc2c(Nc2ccc(OCc3ccccc3)cc2)c1[C@H]1CC[C@H](N)CC1. The standard InChI is InChI=1S/C25H28N6O/c26-19-8-6-18(7-9-19)22-23(25-28-14-15-31(25)30-24(22)27)29-20-10-12-21(13-11-20)32-16-17-4-2-1-3-5-17/h1-5,10-15,18-19,29H,6-9,16,26H2,(H2,27,30)/t18-,19-. The van der Waals surface area contributed by atoms with Crippen LogP contribution in [0.15, 0.2) is 67.0 Å². The van der Waals surface area contributed by atoms with E-state index in [4.69, 9.17) is 16.2 Å². The van der Waals surface area contributed by atoms with Gasteiger partial charge in [-0.1, -0.05) is 30.3 Å².